The molecule has 0 aliphatic carbocycles. The first-order chi connectivity index (χ1) is 65.9. The zero-order valence-corrected chi connectivity index (χ0v) is 88.3. The molecule has 0 unspecified atom stereocenters. The van der Waals surface area contributed by atoms with Crippen molar-refractivity contribution in [2.24, 2.45) is 0 Å². The highest BCUT2D eigenvalue weighted by Crippen LogP contribution is 2.51. The minimum Gasteiger partial charge on any atom is -0.335 e. The Morgan fingerprint density at radius 3 is 0.514 bits per heavy atom. The Morgan fingerprint density at radius 2 is 0.264 bits per heavy atom. The number of rotatable bonds is 0. The lowest BCUT2D eigenvalue weighted by molar-refractivity contribution is 0.414. The Balaban J connectivity index is 0.000000104. The van der Waals surface area contributed by atoms with Crippen molar-refractivity contribution in [3.05, 3.63) is 303 Å². The number of fused-ring (bicyclic) bond motifs is 33. The highest BCUT2D eigenvalue weighted by atomic mass is 15.1. The molecule has 10 nitrogen and oxygen atoms in total. The molecule has 0 radical (unpaired) electrons. The molecular formula is C130H140N10. The van der Waals surface area contributed by atoms with Crippen LogP contribution in [0, 0.1) is 0 Å². The summed E-state index contributed by atoms with van der Waals surface area (Å²) in [4.78, 5) is 0. The SMILES string of the molecule is CC(C)(C)n1c2ccccc2c2c1ccc1c3ccccc3n(C(C)(C)C)c12.CC(C)(C)n1c2ccccc2c2c3c4ccccc4n(C(C)(C)C)c3ccc21.CC(C)(C)n1c2ccccc2c2cc3c(cc21)c1ccccc1n3C(C)(C)C.CC(C)(C)n1c2ccccc2c2cc3c4ccccc4n(C(C)(C)C)c3cc21.CC(C)(C)n1c2ccccc2c2ccc3c4ccccc4n(C(C)(C)C)c3c21. The smallest absolute Gasteiger partial charge is 0.0744 e. The molecule has 25 rings (SSSR count). The van der Waals surface area contributed by atoms with Crippen LogP contribution in [0.2, 0.25) is 0 Å². The van der Waals surface area contributed by atoms with E-state index in [1.165, 1.54) is 218 Å². The van der Waals surface area contributed by atoms with Crippen LogP contribution in [-0.4, -0.2) is 45.7 Å². The van der Waals surface area contributed by atoms with Gasteiger partial charge in [0.15, 0.2) is 0 Å². The maximum atomic E-state index is 2.54. The van der Waals surface area contributed by atoms with Crippen molar-refractivity contribution in [1.82, 2.24) is 45.7 Å². The highest BCUT2D eigenvalue weighted by Gasteiger charge is 2.35. The van der Waals surface area contributed by atoms with Crippen LogP contribution in [0.15, 0.2) is 303 Å². The minimum atomic E-state index is -0.0190. The molecule has 0 saturated carbocycles. The van der Waals surface area contributed by atoms with Crippen molar-refractivity contribution in [2.75, 3.05) is 0 Å². The fourth-order valence-electron chi connectivity index (χ4n) is 24.5. The van der Waals surface area contributed by atoms with Crippen LogP contribution in [0.25, 0.3) is 218 Å². The number of aromatic nitrogens is 10. The van der Waals surface area contributed by atoms with E-state index in [1.807, 2.05) is 0 Å². The summed E-state index contributed by atoms with van der Waals surface area (Å²) in [5.41, 5.74) is 26.4. The molecule has 0 saturated heterocycles. The summed E-state index contributed by atoms with van der Waals surface area (Å²) >= 11 is 0. The van der Waals surface area contributed by atoms with Crippen molar-refractivity contribution in [2.45, 2.75) is 263 Å². The van der Waals surface area contributed by atoms with Crippen LogP contribution < -0.4 is 0 Å². The predicted molar refractivity (Wildman–Crippen MR) is 612 cm³/mol. The van der Waals surface area contributed by atoms with E-state index in [2.05, 4.69) is 557 Å². The number of para-hydroxylation sites is 10. The molecule has 0 bridgehead atoms. The number of hydrogen-bond donors (Lipinski definition) is 0. The number of hydrogen-bond acceptors (Lipinski definition) is 0. The lowest BCUT2D eigenvalue weighted by Gasteiger charge is -2.28. The largest absolute Gasteiger partial charge is 0.335 e. The maximum Gasteiger partial charge on any atom is 0.0744 e. The van der Waals surface area contributed by atoms with Gasteiger partial charge in [0.25, 0.3) is 0 Å². The number of nitrogens with zero attached hydrogens (tertiary/aromatic N) is 10. The monoisotopic (exact) mass is 1840 g/mol. The molecular weight excluding hydrogens is 1700 g/mol. The summed E-state index contributed by atoms with van der Waals surface area (Å²) in [7, 11) is 0. The normalized spacial score (nSPS) is 13.4. The third-order valence-corrected chi connectivity index (χ3v) is 29.1. The van der Waals surface area contributed by atoms with Crippen molar-refractivity contribution in [3.63, 3.8) is 0 Å². The average molecular weight is 1840 g/mol. The van der Waals surface area contributed by atoms with Gasteiger partial charge in [-0.3, -0.25) is 0 Å². The molecule has 10 heterocycles. The predicted octanol–water partition coefficient (Wildman–Crippen LogP) is 37.1. The summed E-state index contributed by atoms with van der Waals surface area (Å²) in [6.07, 6.45) is 0. The van der Waals surface area contributed by atoms with Crippen LogP contribution >= 0.6 is 0 Å². The first kappa shape index (κ1) is 92.6. The van der Waals surface area contributed by atoms with Crippen molar-refractivity contribution in [3.8, 4) is 0 Å². The third kappa shape index (κ3) is 14.6. The lowest BCUT2D eigenvalue weighted by atomic mass is 10.0. The zero-order valence-electron chi connectivity index (χ0n) is 88.3. The molecule has 140 heavy (non-hydrogen) atoms. The van der Waals surface area contributed by atoms with E-state index in [0.717, 1.165) is 0 Å². The van der Waals surface area contributed by atoms with Crippen molar-refractivity contribution in [1.29, 1.82) is 0 Å². The van der Waals surface area contributed by atoms with E-state index >= 15 is 0 Å². The fraction of sp³-hybridized carbons (Fsp3) is 0.308. The van der Waals surface area contributed by atoms with E-state index in [-0.39, 0.29) is 55.4 Å². The second-order valence-corrected chi connectivity index (χ2v) is 49.6. The molecule has 0 fully saturated rings. The fourth-order valence-corrected chi connectivity index (χ4v) is 24.5. The van der Waals surface area contributed by atoms with E-state index in [0.29, 0.717) is 0 Å². The highest BCUT2D eigenvalue weighted by molar-refractivity contribution is 6.30. The van der Waals surface area contributed by atoms with Gasteiger partial charge in [-0.05, 0) is 311 Å². The third-order valence-electron chi connectivity index (χ3n) is 29.1. The first-order valence-corrected chi connectivity index (χ1v) is 50.8. The van der Waals surface area contributed by atoms with Crippen LogP contribution in [0.5, 0.6) is 0 Å². The standard InChI is InChI=1S/5C26H28N2/c1-25(2,3)27-21-13-9-7-11-17(21)19-16-24-20(15-23(19)27)18-12-8-10-14-22(18)28(24)26(4,5)6;1-25(2,3)27-21-13-9-7-11-17(21)19-15-20-18-12-8-10-14-22(18)28(26(4,5)6)24(20)16-23(19)27;1-25(2,3)27-21-14-10-8-12-19(21)23-22(27)16-15-18-17-11-7-9-13-20(17)28(24(18)23)26(4,5)6;1-25(2,3)27-21-13-9-7-11-17(21)19-15-16-20-18-12-8-10-14-22(18)28(26(4,5)6)24(20)23(19)27;1-25(2,3)27-19-13-9-7-11-17(19)23-21(27)15-16-22-24(23)18-12-8-10-14-20(18)28(22)26(4,5)6/h5*7-16H,1-6H3. The van der Waals surface area contributed by atoms with Gasteiger partial charge in [-0.15, -0.1) is 0 Å². The first-order valence-electron chi connectivity index (χ1n) is 50.8. The Labute approximate surface area is 824 Å². The summed E-state index contributed by atoms with van der Waals surface area (Å²) < 4.78 is 25.1. The van der Waals surface area contributed by atoms with Crippen LogP contribution in [-0.2, 0) is 55.4 Å². The van der Waals surface area contributed by atoms with Crippen LogP contribution in [0.3, 0.4) is 0 Å². The molecule has 0 aliphatic heterocycles. The number of benzene rings is 15. The molecule has 25 aromatic rings. The molecule has 15 aromatic carbocycles. The second-order valence-electron chi connectivity index (χ2n) is 49.6. The molecule has 0 spiro atoms. The summed E-state index contributed by atoms with van der Waals surface area (Å²) in [5.74, 6) is 0. The quantitative estimate of drug-likeness (QED) is 0.145. The van der Waals surface area contributed by atoms with Gasteiger partial charge >= 0.3 is 0 Å². The van der Waals surface area contributed by atoms with Gasteiger partial charge in [0, 0.05) is 218 Å². The van der Waals surface area contributed by atoms with Crippen molar-refractivity contribution >= 4 is 218 Å². The summed E-state index contributed by atoms with van der Waals surface area (Å²) in [5, 5.41) is 26.9. The molecule has 0 atom stereocenters. The molecule has 0 amide bonds. The summed E-state index contributed by atoms with van der Waals surface area (Å²) in [6, 6.07) is 112. The van der Waals surface area contributed by atoms with E-state index in [9.17, 15) is 0 Å². The van der Waals surface area contributed by atoms with Gasteiger partial charge in [0.05, 0.1) is 55.2 Å². The second kappa shape index (κ2) is 31.9. The Bertz CT molecular complexity index is 8790. The van der Waals surface area contributed by atoms with E-state index in [1.54, 1.807) is 0 Å². The minimum absolute atomic E-state index is 0.00755. The van der Waals surface area contributed by atoms with E-state index < -0.39 is 0 Å². The summed E-state index contributed by atoms with van der Waals surface area (Å²) in [6.45, 7) is 68.9. The topological polar surface area (TPSA) is 49.3 Å². The Hall–Kier alpha value is -13.7. The van der Waals surface area contributed by atoms with Gasteiger partial charge in [0.2, 0.25) is 0 Å². The van der Waals surface area contributed by atoms with Gasteiger partial charge in [-0.2, -0.15) is 0 Å². The van der Waals surface area contributed by atoms with Crippen LogP contribution in [0.4, 0.5) is 0 Å². The Morgan fingerprint density at radius 1 is 0.107 bits per heavy atom. The van der Waals surface area contributed by atoms with Crippen molar-refractivity contribution < 1.29 is 0 Å². The lowest BCUT2D eigenvalue weighted by Crippen LogP contribution is -2.24. The van der Waals surface area contributed by atoms with Gasteiger partial charge in [0.1, 0.15) is 0 Å². The molecule has 10 aromatic heterocycles. The van der Waals surface area contributed by atoms with Gasteiger partial charge in [-0.25, -0.2) is 0 Å². The Kier molecular flexibility index (Phi) is 21.1. The van der Waals surface area contributed by atoms with E-state index in [4.69, 9.17) is 0 Å². The zero-order chi connectivity index (χ0) is 99.2. The molecule has 10 heteroatoms. The maximum absolute atomic E-state index is 2.54. The molecule has 710 valence electrons. The van der Waals surface area contributed by atoms with Gasteiger partial charge < -0.3 is 45.7 Å². The van der Waals surface area contributed by atoms with Crippen LogP contribution in [0.1, 0.15) is 208 Å². The molecule has 0 N–H and O–H groups in total. The van der Waals surface area contributed by atoms with Gasteiger partial charge in [-0.1, -0.05) is 200 Å². The molecule has 0 aliphatic rings. The average Bonchev–Trinajstić information content (AvgIpc) is 1.54.